The third-order valence-corrected chi connectivity index (χ3v) is 2.79. The molecule has 0 amide bonds. The molecule has 0 atom stereocenters. The molecule has 5 nitrogen and oxygen atoms in total. The minimum absolute atomic E-state index is 0.0236. The van der Waals surface area contributed by atoms with Gasteiger partial charge in [0.25, 0.3) is 0 Å². The summed E-state index contributed by atoms with van der Waals surface area (Å²) in [4.78, 5) is 20.3. The molecule has 0 radical (unpaired) electrons. The van der Waals surface area contributed by atoms with Crippen molar-refractivity contribution in [2.24, 2.45) is 0 Å². The quantitative estimate of drug-likeness (QED) is 0.772. The molecule has 0 fully saturated rings. The lowest BCUT2D eigenvalue weighted by Gasteiger charge is -2.09. The maximum atomic E-state index is 12.2. The van der Waals surface area contributed by atoms with E-state index in [1.165, 1.54) is 6.33 Å². The summed E-state index contributed by atoms with van der Waals surface area (Å²) < 4.78 is 1.77. The number of carbonyl (C=O) groups excluding carboxylic acids is 1. The maximum Gasteiger partial charge on any atom is 0.172 e. The highest BCUT2D eigenvalue weighted by atomic mass is 16.1. The Morgan fingerprint density at radius 1 is 1.44 bits per heavy atom. The van der Waals surface area contributed by atoms with E-state index in [4.69, 9.17) is 0 Å². The molecule has 2 heterocycles. The standard InChI is InChI=1S/C13H16N4O/c1-9(2)17-13(15-8-16-17)6-12(18)11-7-14-5-4-10(11)3/h4-5,7-9H,6H2,1-3H3. The number of ketones is 1. The number of nitrogens with zero attached hydrogens (tertiary/aromatic N) is 4. The van der Waals surface area contributed by atoms with Gasteiger partial charge in [0.1, 0.15) is 12.2 Å². The molecule has 94 valence electrons. The van der Waals surface area contributed by atoms with Gasteiger partial charge >= 0.3 is 0 Å². The van der Waals surface area contributed by atoms with Crippen LogP contribution in [0.3, 0.4) is 0 Å². The highest BCUT2D eigenvalue weighted by Crippen LogP contribution is 2.11. The molecular weight excluding hydrogens is 228 g/mol. The lowest BCUT2D eigenvalue weighted by Crippen LogP contribution is -2.14. The van der Waals surface area contributed by atoms with Crippen LogP contribution in [0.5, 0.6) is 0 Å². The normalized spacial score (nSPS) is 10.9. The first kappa shape index (κ1) is 12.4. The van der Waals surface area contributed by atoms with Crippen molar-refractivity contribution < 1.29 is 4.79 Å². The third kappa shape index (κ3) is 2.45. The second-order valence-electron chi connectivity index (χ2n) is 4.51. The highest BCUT2D eigenvalue weighted by molar-refractivity contribution is 5.98. The zero-order chi connectivity index (χ0) is 13.1. The fourth-order valence-corrected chi connectivity index (χ4v) is 1.83. The summed E-state index contributed by atoms with van der Waals surface area (Å²) in [5, 5.41) is 4.12. The minimum atomic E-state index is 0.0236. The van der Waals surface area contributed by atoms with Gasteiger partial charge in [0.2, 0.25) is 0 Å². The van der Waals surface area contributed by atoms with Crippen LogP contribution in [-0.4, -0.2) is 25.5 Å². The van der Waals surface area contributed by atoms with Crippen LogP contribution in [-0.2, 0) is 6.42 Å². The van der Waals surface area contributed by atoms with E-state index in [1.54, 1.807) is 17.1 Å². The average Bonchev–Trinajstić information content (AvgIpc) is 2.77. The summed E-state index contributed by atoms with van der Waals surface area (Å²) in [6.45, 7) is 5.93. The Morgan fingerprint density at radius 2 is 2.22 bits per heavy atom. The Hall–Kier alpha value is -2.04. The Labute approximate surface area is 106 Å². The fraction of sp³-hybridized carbons (Fsp3) is 0.385. The van der Waals surface area contributed by atoms with E-state index in [0.717, 1.165) is 5.56 Å². The molecule has 2 rings (SSSR count). The van der Waals surface area contributed by atoms with Crippen LogP contribution >= 0.6 is 0 Å². The molecule has 0 bridgehead atoms. The number of hydrogen-bond donors (Lipinski definition) is 0. The van der Waals surface area contributed by atoms with Gasteiger partial charge in [0.05, 0.1) is 6.42 Å². The lowest BCUT2D eigenvalue weighted by atomic mass is 10.1. The number of aryl methyl sites for hydroxylation is 1. The molecule has 2 aromatic rings. The first-order valence-electron chi connectivity index (χ1n) is 5.91. The topological polar surface area (TPSA) is 60.7 Å². The Kier molecular flexibility index (Phi) is 3.50. The van der Waals surface area contributed by atoms with Gasteiger partial charge in [-0.15, -0.1) is 0 Å². The second kappa shape index (κ2) is 5.08. The molecule has 0 saturated carbocycles. The summed E-state index contributed by atoms with van der Waals surface area (Å²) >= 11 is 0. The van der Waals surface area contributed by atoms with E-state index in [2.05, 4.69) is 15.1 Å². The molecule has 2 aromatic heterocycles. The minimum Gasteiger partial charge on any atom is -0.294 e. The van der Waals surface area contributed by atoms with Crippen LogP contribution < -0.4 is 0 Å². The van der Waals surface area contributed by atoms with Crippen molar-refractivity contribution in [3.05, 3.63) is 41.7 Å². The highest BCUT2D eigenvalue weighted by Gasteiger charge is 2.15. The summed E-state index contributed by atoms with van der Waals surface area (Å²) in [5.41, 5.74) is 1.58. The van der Waals surface area contributed by atoms with E-state index < -0.39 is 0 Å². The number of pyridine rings is 1. The average molecular weight is 244 g/mol. The first-order chi connectivity index (χ1) is 8.59. The van der Waals surface area contributed by atoms with Crippen molar-refractivity contribution in [3.63, 3.8) is 0 Å². The maximum absolute atomic E-state index is 12.2. The van der Waals surface area contributed by atoms with Gasteiger partial charge in [-0.3, -0.25) is 9.78 Å². The summed E-state index contributed by atoms with van der Waals surface area (Å²) in [7, 11) is 0. The molecule has 0 unspecified atom stereocenters. The zero-order valence-electron chi connectivity index (χ0n) is 10.8. The van der Waals surface area contributed by atoms with Crippen molar-refractivity contribution in [1.29, 1.82) is 0 Å². The van der Waals surface area contributed by atoms with Crippen molar-refractivity contribution in [2.75, 3.05) is 0 Å². The van der Waals surface area contributed by atoms with E-state index in [1.807, 2.05) is 26.8 Å². The van der Waals surface area contributed by atoms with Crippen molar-refractivity contribution in [3.8, 4) is 0 Å². The number of carbonyl (C=O) groups is 1. The molecule has 18 heavy (non-hydrogen) atoms. The fourth-order valence-electron chi connectivity index (χ4n) is 1.83. The molecule has 0 aliphatic heterocycles. The smallest absolute Gasteiger partial charge is 0.172 e. The van der Waals surface area contributed by atoms with Crippen LogP contribution in [0.1, 0.15) is 41.6 Å². The number of rotatable bonds is 4. The molecule has 0 aromatic carbocycles. The Balaban J connectivity index is 2.22. The van der Waals surface area contributed by atoms with Gasteiger partial charge < -0.3 is 0 Å². The van der Waals surface area contributed by atoms with Crippen molar-refractivity contribution in [1.82, 2.24) is 19.7 Å². The van der Waals surface area contributed by atoms with Gasteiger partial charge in [-0.05, 0) is 32.4 Å². The van der Waals surface area contributed by atoms with Gasteiger partial charge in [-0.25, -0.2) is 9.67 Å². The molecule has 0 N–H and O–H groups in total. The molecule has 0 aliphatic rings. The van der Waals surface area contributed by atoms with Crippen LogP contribution in [0.4, 0.5) is 0 Å². The molecule has 0 aliphatic carbocycles. The molecule has 0 spiro atoms. The van der Waals surface area contributed by atoms with E-state index in [0.29, 0.717) is 11.4 Å². The first-order valence-corrected chi connectivity index (χ1v) is 5.91. The molecule has 0 saturated heterocycles. The summed E-state index contributed by atoms with van der Waals surface area (Å²) in [5.74, 6) is 0.716. The van der Waals surface area contributed by atoms with Gasteiger partial charge in [0.15, 0.2) is 5.78 Å². The monoisotopic (exact) mass is 244 g/mol. The number of aromatic nitrogens is 4. The van der Waals surface area contributed by atoms with E-state index in [9.17, 15) is 4.79 Å². The summed E-state index contributed by atoms with van der Waals surface area (Å²) in [6, 6.07) is 2.03. The van der Waals surface area contributed by atoms with Crippen molar-refractivity contribution >= 4 is 5.78 Å². The number of hydrogen-bond acceptors (Lipinski definition) is 4. The van der Waals surface area contributed by atoms with Crippen LogP contribution in [0.2, 0.25) is 0 Å². The predicted octanol–water partition coefficient (Wildman–Crippen LogP) is 1.99. The van der Waals surface area contributed by atoms with Crippen LogP contribution in [0, 0.1) is 6.92 Å². The predicted molar refractivity (Wildman–Crippen MR) is 67.4 cm³/mol. The Morgan fingerprint density at radius 3 is 2.89 bits per heavy atom. The molecule has 5 heteroatoms. The van der Waals surface area contributed by atoms with Crippen LogP contribution in [0.15, 0.2) is 24.8 Å². The SMILES string of the molecule is Cc1ccncc1C(=O)Cc1ncnn1C(C)C. The Bertz CT molecular complexity index is 560. The van der Waals surface area contributed by atoms with Crippen molar-refractivity contribution in [2.45, 2.75) is 33.2 Å². The van der Waals surface area contributed by atoms with E-state index >= 15 is 0 Å². The largest absolute Gasteiger partial charge is 0.294 e. The molecular formula is C13H16N4O. The van der Waals surface area contributed by atoms with Crippen LogP contribution in [0.25, 0.3) is 0 Å². The zero-order valence-corrected chi connectivity index (χ0v) is 10.8. The van der Waals surface area contributed by atoms with E-state index in [-0.39, 0.29) is 18.2 Å². The number of Topliss-reactive ketones (excluding diaryl/α,β-unsaturated/α-hetero) is 1. The second-order valence-corrected chi connectivity index (χ2v) is 4.51. The van der Waals surface area contributed by atoms with Gasteiger partial charge in [0, 0.05) is 24.0 Å². The summed E-state index contributed by atoms with van der Waals surface area (Å²) in [6.07, 6.45) is 5.03. The van der Waals surface area contributed by atoms with Gasteiger partial charge in [-0.2, -0.15) is 5.10 Å². The third-order valence-electron chi connectivity index (χ3n) is 2.79. The lowest BCUT2D eigenvalue weighted by molar-refractivity contribution is 0.0988. The van der Waals surface area contributed by atoms with Gasteiger partial charge in [-0.1, -0.05) is 0 Å².